The highest BCUT2D eigenvalue weighted by Gasteiger charge is 2.23. The van der Waals surface area contributed by atoms with Crippen LogP contribution in [0.3, 0.4) is 0 Å². The maximum atomic E-state index is 10.4. The van der Waals surface area contributed by atoms with Gasteiger partial charge in [0.15, 0.2) is 0 Å². The number of hydrogen-bond acceptors (Lipinski definition) is 4. The van der Waals surface area contributed by atoms with Gasteiger partial charge in [0.25, 0.3) is 0 Å². The minimum atomic E-state index is -0.606. The molecule has 2 atom stereocenters. The summed E-state index contributed by atoms with van der Waals surface area (Å²) < 4.78 is 1.93. The molecule has 0 spiro atoms. The van der Waals surface area contributed by atoms with Gasteiger partial charge in [0.2, 0.25) is 0 Å². The fraction of sp³-hybridized carbons (Fsp3) is 0.250. The van der Waals surface area contributed by atoms with E-state index in [-0.39, 0.29) is 5.92 Å². The molecule has 96 valence electrons. The van der Waals surface area contributed by atoms with Crippen LogP contribution in [0.1, 0.15) is 22.5 Å². The van der Waals surface area contributed by atoms with Crippen LogP contribution in [0, 0.1) is 0 Å². The number of aromatic nitrogens is 1. The van der Waals surface area contributed by atoms with E-state index in [9.17, 15) is 5.11 Å². The van der Waals surface area contributed by atoms with Crippen LogP contribution < -0.4 is 5.73 Å². The molecule has 0 radical (unpaired) electrons. The standard InChI is InChI=1S/C12H12Br2N2OS/c13-9-5-10(18-12(9)14)11(17)8(6-15)7-1-3-16-4-2-7/h1-5,8,11,17H,6,15H2. The maximum Gasteiger partial charge on any atom is 0.0963 e. The molecule has 2 unspecified atom stereocenters. The van der Waals surface area contributed by atoms with Gasteiger partial charge in [-0.15, -0.1) is 11.3 Å². The van der Waals surface area contributed by atoms with Gasteiger partial charge in [-0.25, -0.2) is 0 Å². The van der Waals surface area contributed by atoms with Crippen LogP contribution >= 0.6 is 43.2 Å². The number of pyridine rings is 1. The summed E-state index contributed by atoms with van der Waals surface area (Å²) in [5.41, 5.74) is 6.79. The molecule has 18 heavy (non-hydrogen) atoms. The summed E-state index contributed by atoms with van der Waals surface area (Å²) >= 11 is 8.36. The molecular weight excluding hydrogens is 380 g/mol. The van der Waals surface area contributed by atoms with Crippen LogP contribution in [0.2, 0.25) is 0 Å². The SMILES string of the molecule is NCC(c1ccncc1)C(O)c1cc(Br)c(Br)s1. The number of aliphatic hydroxyl groups is 1. The monoisotopic (exact) mass is 390 g/mol. The van der Waals surface area contributed by atoms with Crippen LogP contribution in [-0.2, 0) is 0 Å². The van der Waals surface area contributed by atoms with Crippen LogP contribution in [0.25, 0.3) is 0 Å². The Kier molecular flexibility index (Phi) is 4.91. The van der Waals surface area contributed by atoms with Crippen molar-refractivity contribution in [3.05, 3.63) is 49.3 Å². The van der Waals surface area contributed by atoms with E-state index < -0.39 is 6.10 Å². The Morgan fingerprint density at radius 1 is 1.33 bits per heavy atom. The maximum absolute atomic E-state index is 10.4. The molecule has 0 fully saturated rings. The minimum absolute atomic E-state index is 0.120. The lowest BCUT2D eigenvalue weighted by molar-refractivity contribution is 0.151. The second-order valence-corrected chi connectivity index (χ2v) is 7.09. The predicted octanol–water partition coefficient (Wildman–Crippen LogP) is 3.44. The van der Waals surface area contributed by atoms with E-state index in [1.807, 2.05) is 18.2 Å². The van der Waals surface area contributed by atoms with Crippen molar-refractivity contribution < 1.29 is 5.11 Å². The van der Waals surface area contributed by atoms with Crippen molar-refractivity contribution in [3.63, 3.8) is 0 Å². The van der Waals surface area contributed by atoms with Gasteiger partial charge in [0, 0.05) is 34.2 Å². The van der Waals surface area contributed by atoms with Crippen molar-refractivity contribution in [1.82, 2.24) is 4.98 Å². The normalized spacial score (nSPS) is 14.4. The van der Waals surface area contributed by atoms with Crippen LogP contribution in [0.4, 0.5) is 0 Å². The van der Waals surface area contributed by atoms with Crippen LogP contribution in [-0.4, -0.2) is 16.6 Å². The van der Waals surface area contributed by atoms with Gasteiger partial charge in [-0.3, -0.25) is 4.98 Å². The Morgan fingerprint density at radius 2 is 2.00 bits per heavy atom. The van der Waals surface area contributed by atoms with E-state index in [2.05, 4.69) is 36.8 Å². The topological polar surface area (TPSA) is 59.1 Å². The van der Waals surface area contributed by atoms with Gasteiger partial charge in [-0.05, 0) is 55.6 Å². The minimum Gasteiger partial charge on any atom is -0.387 e. The van der Waals surface area contributed by atoms with Crippen molar-refractivity contribution in [2.24, 2.45) is 5.73 Å². The Hall–Kier alpha value is -0.270. The molecule has 2 aromatic heterocycles. The zero-order valence-electron chi connectivity index (χ0n) is 9.38. The fourth-order valence-electron chi connectivity index (χ4n) is 1.77. The van der Waals surface area contributed by atoms with Crippen molar-refractivity contribution in [3.8, 4) is 0 Å². The first kappa shape index (κ1) is 14.1. The second kappa shape index (κ2) is 6.25. The summed E-state index contributed by atoms with van der Waals surface area (Å²) in [6.07, 6.45) is 2.82. The highest BCUT2D eigenvalue weighted by atomic mass is 79.9. The third-order valence-electron chi connectivity index (χ3n) is 2.73. The third kappa shape index (κ3) is 3.00. The van der Waals surface area contributed by atoms with E-state index in [0.717, 1.165) is 18.7 Å². The Labute approximate surface area is 126 Å². The molecule has 2 heterocycles. The molecule has 0 aliphatic heterocycles. The molecule has 0 saturated heterocycles. The zero-order chi connectivity index (χ0) is 13.1. The third-order valence-corrected chi connectivity index (χ3v) is 6.05. The molecule has 2 aromatic rings. The van der Waals surface area contributed by atoms with Gasteiger partial charge in [-0.2, -0.15) is 0 Å². The van der Waals surface area contributed by atoms with Gasteiger partial charge in [-0.1, -0.05) is 0 Å². The number of rotatable bonds is 4. The average molecular weight is 392 g/mol. The van der Waals surface area contributed by atoms with Gasteiger partial charge < -0.3 is 10.8 Å². The first-order chi connectivity index (χ1) is 8.63. The second-order valence-electron chi connectivity index (χ2n) is 3.84. The lowest BCUT2D eigenvalue weighted by atomic mass is 9.93. The molecule has 6 heteroatoms. The van der Waals surface area contributed by atoms with Crippen molar-refractivity contribution in [2.75, 3.05) is 6.54 Å². The lowest BCUT2D eigenvalue weighted by Gasteiger charge is -2.20. The first-order valence-corrected chi connectivity index (χ1v) is 7.76. The molecule has 0 aliphatic rings. The van der Waals surface area contributed by atoms with Gasteiger partial charge in [0.05, 0.1) is 9.89 Å². The van der Waals surface area contributed by atoms with Crippen molar-refractivity contribution in [2.45, 2.75) is 12.0 Å². The summed E-state index contributed by atoms with van der Waals surface area (Å²) in [5.74, 6) is -0.120. The Balaban J connectivity index is 2.28. The highest BCUT2D eigenvalue weighted by Crippen LogP contribution is 2.39. The quantitative estimate of drug-likeness (QED) is 0.839. The number of nitrogens with zero attached hydrogens (tertiary/aromatic N) is 1. The number of hydrogen-bond donors (Lipinski definition) is 2. The van der Waals surface area contributed by atoms with Gasteiger partial charge >= 0.3 is 0 Å². The molecule has 0 aromatic carbocycles. The van der Waals surface area contributed by atoms with E-state index in [4.69, 9.17) is 5.73 Å². The average Bonchev–Trinajstić information content (AvgIpc) is 2.72. The molecule has 0 saturated carbocycles. The zero-order valence-corrected chi connectivity index (χ0v) is 13.4. The summed E-state index contributed by atoms with van der Waals surface area (Å²) in [4.78, 5) is 4.87. The first-order valence-electron chi connectivity index (χ1n) is 5.36. The molecule has 0 aliphatic carbocycles. The summed E-state index contributed by atoms with van der Waals surface area (Å²) in [7, 11) is 0. The number of halogens is 2. The molecule has 2 rings (SSSR count). The van der Waals surface area contributed by atoms with Gasteiger partial charge in [0.1, 0.15) is 0 Å². The predicted molar refractivity (Wildman–Crippen MR) is 80.7 cm³/mol. The molecule has 3 N–H and O–H groups in total. The Bertz CT molecular complexity index is 499. The van der Waals surface area contributed by atoms with E-state index in [0.29, 0.717) is 6.54 Å². The number of thiophene rings is 1. The highest BCUT2D eigenvalue weighted by molar-refractivity contribution is 9.13. The summed E-state index contributed by atoms with van der Waals surface area (Å²) in [6, 6.07) is 5.69. The fourth-order valence-corrected chi connectivity index (χ4v) is 3.91. The number of aliphatic hydroxyl groups excluding tert-OH is 1. The Morgan fingerprint density at radius 3 is 2.50 bits per heavy atom. The molecule has 0 bridgehead atoms. The van der Waals surface area contributed by atoms with Crippen LogP contribution in [0.15, 0.2) is 38.9 Å². The smallest absolute Gasteiger partial charge is 0.0963 e. The lowest BCUT2D eigenvalue weighted by Crippen LogP contribution is -2.19. The molecule has 3 nitrogen and oxygen atoms in total. The van der Waals surface area contributed by atoms with Crippen LogP contribution in [0.5, 0.6) is 0 Å². The largest absolute Gasteiger partial charge is 0.387 e. The summed E-state index contributed by atoms with van der Waals surface area (Å²) in [6.45, 7) is 0.387. The van der Waals surface area contributed by atoms with E-state index in [1.165, 1.54) is 11.3 Å². The molecular formula is C12H12Br2N2OS. The summed E-state index contributed by atoms with van der Waals surface area (Å²) in [5, 5.41) is 10.4. The van der Waals surface area contributed by atoms with Crippen molar-refractivity contribution >= 4 is 43.2 Å². The van der Waals surface area contributed by atoms with E-state index >= 15 is 0 Å². The molecule has 0 amide bonds. The number of nitrogens with two attached hydrogens (primary N) is 1. The van der Waals surface area contributed by atoms with Crippen molar-refractivity contribution in [1.29, 1.82) is 0 Å². The van der Waals surface area contributed by atoms with E-state index in [1.54, 1.807) is 12.4 Å².